The molecule has 10 nitrogen and oxygen atoms in total. The van der Waals surface area contributed by atoms with Crippen molar-refractivity contribution in [2.24, 2.45) is 5.73 Å². The number of aliphatic carboxylic acids is 1. The Balaban J connectivity index is 0.000000288. The van der Waals surface area contributed by atoms with E-state index in [2.05, 4.69) is 50.1 Å². The van der Waals surface area contributed by atoms with Gasteiger partial charge >= 0.3 is 71.1 Å². The minimum atomic E-state index is -1.02. The molecular weight excluding hydrogens is 1050 g/mol. The molecule has 0 saturated carbocycles. The summed E-state index contributed by atoms with van der Waals surface area (Å²) in [6.07, 6.45) is 3.93. The van der Waals surface area contributed by atoms with E-state index in [4.69, 9.17) is 24.7 Å². The second-order valence-electron chi connectivity index (χ2n) is 12.2. The van der Waals surface area contributed by atoms with E-state index in [-0.39, 0.29) is 87.9 Å². The minimum absolute atomic E-state index is 0. The summed E-state index contributed by atoms with van der Waals surface area (Å²) in [4.78, 5) is 38.8. The van der Waals surface area contributed by atoms with Crippen LogP contribution in [0.4, 0.5) is 0 Å². The Labute approximate surface area is 398 Å². The van der Waals surface area contributed by atoms with Gasteiger partial charge in [-0.2, -0.15) is 0 Å². The number of aromatic hydroxyl groups is 1. The number of halogens is 3. The van der Waals surface area contributed by atoms with Crippen molar-refractivity contribution in [2.75, 3.05) is 26.2 Å². The maximum atomic E-state index is 12.9. The second kappa shape index (κ2) is 22.6. The van der Waals surface area contributed by atoms with E-state index in [1.807, 2.05) is 65.1 Å². The van der Waals surface area contributed by atoms with E-state index in [0.29, 0.717) is 38.4 Å². The summed E-state index contributed by atoms with van der Waals surface area (Å²) in [6, 6.07) is 22.3. The van der Waals surface area contributed by atoms with Crippen molar-refractivity contribution in [2.45, 2.75) is 38.6 Å². The van der Waals surface area contributed by atoms with Gasteiger partial charge in [0.1, 0.15) is 35.5 Å². The Morgan fingerprint density at radius 3 is 2.20 bits per heavy atom. The molecule has 0 amide bonds. The van der Waals surface area contributed by atoms with Crippen LogP contribution in [0.3, 0.4) is 0 Å². The summed E-state index contributed by atoms with van der Waals surface area (Å²) in [5.74, 6) is 0.531. The zero-order valence-corrected chi connectivity index (χ0v) is 34.7. The molecule has 2 heterocycles. The number of phenolic OH excluding ortho intramolecular Hbond substituents is 1. The van der Waals surface area contributed by atoms with E-state index in [0.717, 1.165) is 37.9 Å². The number of carbonyl (C=O) groups excluding carboxylic acids is 1. The average Bonchev–Trinajstić information content (AvgIpc) is 3.13. The predicted octanol–water partition coefficient (Wildman–Crippen LogP) is 7.07. The summed E-state index contributed by atoms with van der Waals surface area (Å²) >= 11 is 6.33. The number of rotatable bonds is 10. The number of para-hydroxylation sites is 1. The van der Waals surface area contributed by atoms with E-state index in [1.54, 1.807) is 43.3 Å². The van der Waals surface area contributed by atoms with Gasteiger partial charge in [0.05, 0.1) is 16.1 Å². The summed E-state index contributed by atoms with van der Waals surface area (Å²) in [6.45, 7) is 4.92. The second-order valence-corrected chi connectivity index (χ2v) is 15.7. The van der Waals surface area contributed by atoms with Gasteiger partial charge in [-0.3, -0.25) is 14.5 Å². The predicted molar refractivity (Wildman–Crippen MR) is 240 cm³/mol. The van der Waals surface area contributed by atoms with Crippen molar-refractivity contribution < 1.29 is 33.7 Å². The van der Waals surface area contributed by atoms with Crippen molar-refractivity contribution in [1.82, 2.24) is 4.90 Å². The van der Waals surface area contributed by atoms with Crippen LogP contribution in [-0.2, 0) is 16.0 Å². The molecule has 1 aromatic heterocycles. The molecule has 15 heteroatoms. The van der Waals surface area contributed by atoms with Gasteiger partial charge in [-0.05, 0) is 155 Å². The van der Waals surface area contributed by atoms with Crippen LogP contribution in [0, 0.1) is 17.6 Å². The van der Waals surface area contributed by atoms with Crippen LogP contribution >= 0.6 is 67.8 Å². The molecule has 5 aromatic rings. The fourth-order valence-corrected chi connectivity index (χ4v) is 8.31. The fourth-order valence-electron chi connectivity index (χ4n) is 5.70. The summed E-state index contributed by atoms with van der Waals surface area (Å²) in [5.41, 5.74) is 8.20. The van der Waals surface area contributed by atoms with Gasteiger partial charge in [0.2, 0.25) is 0 Å². The Hall–Kier alpha value is -1.26. The van der Waals surface area contributed by atoms with Gasteiger partial charge in [0.25, 0.3) is 0 Å². The van der Waals surface area contributed by atoms with E-state index in [9.17, 15) is 19.5 Å². The van der Waals surface area contributed by atoms with Gasteiger partial charge in [0.15, 0.2) is 16.8 Å². The summed E-state index contributed by atoms with van der Waals surface area (Å²) < 4.78 is 19.9. The molecule has 0 radical (unpaired) electrons. The zero-order valence-electron chi connectivity index (χ0n) is 28.2. The van der Waals surface area contributed by atoms with Crippen LogP contribution in [0.15, 0.2) is 88.1 Å². The zero-order chi connectivity index (χ0) is 37.4. The molecule has 276 valence electrons. The first-order valence-electron chi connectivity index (χ1n) is 16.6. The molecule has 4 N–H and O–H groups in total. The van der Waals surface area contributed by atoms with Crippen LogP contribution in [0.5, 0.6) is 17.2 Å². The first kappa shape index (κ1) is 47.1. The number of esters is 1. The topological polar surface area (TPSA) is 153 Å². The Morgan fingerprint density at radius 2 is 1.57 bits per heavy atom. The molecule has 0 bridgehead atoms. The number of carbonyl (C=O) groups is 2. The molecule has 1 aliphatic rings. The number of ether oxygens (including phenoxy) is 2. The number of nitrogens with zero attached hydrogens (tertiary/aromatic N) is 1. The summed E-state index contributed by atoms with van der Waals surface area (Å²) in [7, 11) is 0. The number of hydrogen-bond acceptors (Lipinski definition) is 9. The van der Waals surface area contributed by atoms with Crippen LogP contribution in [0.25, 0.3) is 22.3 Å². The van der Waals surface area contributed by atoms with Crippen molar-refractivity contribution in [3.8, 4) is 28.6 Å². The van der Waals surface area contributed by atoms with Crippen LogP contribution < -0.4 is 15.9 Å². The molecule has 6 rings (SSSR count). The van der Waals surface area contributed by atoms with Gasteiger partial charge in [-0.15, -0.1) is 0 Å². The molecular formula is C39H39I3N2Na2O8. The monoisotopic (exact) mass is 1090 g/mol. The Kier molecular flexibility index (Phi) is 19.7. The van der Waals surface area contributed by atoms with Crippen LogP contribution in [0.1, 0.15) is 40.7 Å². The first-order chi connectivity index (χ1) is 24.9. The van der Waals surface area contributed by atoms with Crippen molar-refractivity contribution >= 4 is 150 Å². The molecule has 0 aliphatic carbocycles. The fraction of sp³-hybridized carbons (Fsp3) is 0.256. The standard InChI is InChI=1S/C24H25NO4.C15H12I3NO4.2Na.2H/c1-17-21(26)19-11-8-12-20(23(19)29-22(17)18-9-4-2-5-10-18)24(27)28-16-15-25-13-6-3-7-14-25;16-9-6-8(1-2-13(9)20)23-14-10(17)3-7(4-11(14)18)5-12(19)15(21)22;;;;/h2,4-5,8-12H,3,6-7,13-16H2,1H3;1-4,6,12,20H,5,19H2,(H,21,22);;;;/t;12-;;;;/m.0..../s1. The van der Waals surface area contributed by atoms with Gasteiger partial charge in [-0.1, -0.05) is 42.8 Å². The third kappa shape index (κ3) is 12.6. The molecule has 1 fully saturated rings. The average molecular weight is 1090 g/mol. The van der Waals surface area contributed by atoms with Gasteiger partial charge < -0.3 is 29.8 Å². The van der Waals surface area contributed by atoms with E-state index < -0.39 is 18.0 Å². The number of hydrogen-bond donors (Lipinski definition) is 3. The summed E-state index contributed by atoms with van der Waals surface area (Å²) in [5, 5.41) is 18.9. The molecule has 1 atom stereocenters. The van der Waals surface area contributed by atoms with E-state index in [1.165, 1.54) is 19.3 Å². The number of phenols is 1. The maximum absolute atomic E-state index is 12.9. The molecule has 4 aromatic carbocycles. The number of likely N-dealkylation sites (tertiary alicyclic amines) is 1. The van der Waals surface area contributed by atoms with Crippen molar-refractivity contribution in [3.05, 3.63) is 116 Å². The number of benzene rings is 4. The normalized spacial score (nSPS) is 13.1. The van der Waals surface area contributed by atoms with Crippen LogP contribution in [0.2, 0.25) is 0 Å². The molecule has 0 unspecified atom stereocenters. The molecule has 1 aliphatic heterocycles. The molecule has 54 heavy (non-hydrogen) atoms. The SMILES string of the molecule is Cc1c(-c2ccccc2)oc2c(C(=O)OCCN3CCCCC3)cccc2c1=O.N[C@@H](Cc1cc(I)c(Oc2ccc(O)c(I)c2)c(I)c1)C(=O)O.[NaH].[NaH]. The van der Waals surface area contributed by atoms with Crippen molar-refractivity contribution in [3.63, 3.8) is 0 Å². The van der Waals surface area contributed by atoms with Gasteiger partial charge in [-0.25, -0.2) is 4.79 Å². The molecule has 0 spiro atoms. The quantitative estimate of drug-likeness (QED) is 0.0753. The third-order valence-electron chi connectivity index (χ3n) is 8.46. The number of carboxylic acids is 1. The number of piperidine rings is 1. The van der Waals surface area contributed by atoms with Crippen molar-refractivity contribution in [1.29, 1.82) is 0 Å². The Bertz CT molecular complexity index is 2110. The number of carboxylic acid groups (broad SMARTS) is 1. The van der Waals surface area contributed by atoms with Gasteiger partial charge in [0, 0.05) is 17.7 Å². The third-order valence-corrected chi connectivity index (χ3v) is 10.9. The van der Waals surface area contributed by atoms with E-state index >= 15 is 0 Å². The molecule has 1 saturated heterocycles. The number of fused-ring (bicyclic) bond motifs is 1. The Morgan fingerprint density at radius 1 is 0.907 bits per heavy atom. The van der Waals surface area contributed by atoms with Crippen LogP contribution in [-0.4, -0.2) is 118 Å². The number of nitrogens with two attached hydrogens (primary N) is 1. The first-order valence-corrected chi connectivity index (χ1v) is 19.8.